The molecule has 0 aliphatic carbocycles. The zero-order valence-electron chi connectivity index (χ0n) is 12.6. The van der Waals surface area contributed by atoms with Gasteiger partial charge in [-0.1, -0.05) is 27.7 Å². The van der Waals surface area contributed by atoms with Crippen LogP contribution in [0.4, 0.5) is 0 Å². The molecule has 4 nitrogen and oxygen atoms in total. The lowest BCUT2D eigenvalue weighted by molar-refractivity contribution is -0.123. The lowest BCUT2D eigenvalue weighted by Gasteiger charge is -2.28. The van der Waals surface area contributed by atoms with Gasteiger partial charge in [0.25, 0.3) is 0 Å². The summed E-state index contributed by atoms with van der Waals surface area (Å²) in [7, 11) is 0. The second kappa shape index (κ2) is 6.75. The van der Waals surface area contributed by atoms with Gasteiger partial charge in [-0.15, -0.1) is 0 Å². The molecule has 2 N–H and O–H groups in total. The summed E-state index contributed by atoms with van der Waals surface area (Å²) < 4.78 is 5.17. The van der Waals surface area contributed by atoms with Crippen LogP contribution in [-0.2, 0) is 11.3 Å². The minimum atomic E-state index is -0.195. The van der Waals surface area contributed by atoms with Gasteiger partial charge in [-0.2, -0.15) is 0 Å². The number of amides is 1. The molecule has 1 heterocycles. The predicted molar refractivity (Wildman–Crippen MR) is 76.6 cm³/mol. The van der Waals surface area contributed by atoms with Crippen LogP contribution in [0.3, 0.4) is 0 Å². The molecule has 19 heavy (non-hydrogen) atoms. The Morgan fingerprint density at radius 3 is 2.58 bits per heavy atom. The van der Waals surface area contributed by atoms with Gasteiger partial charge in [-0.25, -0.2) is 0 Å². The molecule has 2 unspecified atom stereocenters. The van der Waals surface area contributed by atoms with Crippen molar-refractivity contribution >= 4 is 5.91 Å². The Balaban J connectivity index is 2.29. The van der Waals surface area contributed by atoms with Gasteiger partial charge in [0.1, 0.15) is 5.76 Å². The molecule has 1 aromatic heterocycles. The molecule has 0 bridgehead atoms. The van der Waals surface area contributed by atoms with E-state index in [0.29, 0.717) is 12.5 Å². The van der Waals surface area contributed by atoms with Crippen LogP contribution in [0.2, 0.25) is 0 Å². The molecule has 0 spiro atoms. The molecule has 0 fully saturated rings. The largest absolute Gasteiger partial charge is 0.467 e. The quantitative estimate of drug-likeness (QED) is 0.832. The fraction of sp³-hybridized carbons (Fsp3) is 0.667. The van der Waals surface area contributed by atoms with E-state index in [9.17, 15) is 4.79 Å². The van der Waals surface area contributed by atoms with Gasteiger partial charge in [0.05, 0.1) is 18.8 Å². The molecule has 1 aromatic rings. The second-order valence-electron chi connectivity index (χ2n) is 6.19. The van der Waals surface area contributed by atoms with E-state index in [1.807, 2.05) is 19.1 Å². The minimum Gasteiger partial charge on any atom is -0.467 e. The van der Waals surface area contributed by atoms with Crippen molar-refractivity contribution in [2.24, 2.45) is 11.3 Å². The molecule has 0 aliphatic rings. The highest BCUT2D eigenvalue weighted by Gasteiger charge is 2.21. The smallest absolute Gasteiger partial charge is 0.237 e. The predicted octanol–water partition coefficient (Wildman–Crippen LogP) is 2.56. The monoisotopic (exact) mass is 266 g/mol. The summed E-state index contributed by atoms with van der Waals surface area (Å²) in [6.45, 7) is 12.0. The van der Waals surface area contributed by atoms with Crippen LogP contribution in [0.25, 0.3) is 0 Å². The zero-order chi connectivity index (χ0) is 14.5. The van der Waals surface area contributed by atoms with Crippen LogP contribution in [0, 0.1) is 11.3 Å². The average Bonchev–Trinajstić information content (AvgIpc) is 2.84. The Hall–Kier alpha value is -1.29. The lowest BCUT2D eigenvalue weighted by Crippen LogP contribution is -2.44. The third-order valence-electron chi connectivity index (χ3n) is 3.62. The Morgan fingerprint density at radius 1 is 1.37 bits per heavy atom. The molecule has 0 saturated carbocycles. The van der Waals surface area contributed by atoms with Crippen molar-refractivity contribution in [1.82, 2.24) is 10.6 Å². The molecule has 0 radical (unpaired) electrons. The third kappa shape index (κ3) is 5.47. The molecule has 1 amide bonds. The standard InChI is InChI=1S/C15H26N2O2/c1-11(15(3,4)5)9-16-12(2)14(18)17-10-13-7-6-8-19-13/h6-8,11-12,16H,9-10H2,1-5H3,(H,17,18). The summed E-state index contributed by atoms with van der Waals surface area (Å²) >= 11 is 0. The van der Waals surface area contributed by atoms with Crippen LogP contribution >= 0.6 is 0 Å². The molecule has 2 atom stereocenters. The van der Waals surface area contributed by atoms with Crippen LogP contribution < -0.4 is 10.6 Å². The summed E-state index contributed by atoms with van der Waals surface area (Å²) in [5.74, 6) is 1.27. The average molecular weight is 266 g/mol. The van der Waals surface area contributed by atoms with E-state index >= 15 is 0 Å². The van der Waals surface area contributed by atoms with Crippen molar-refractivity contribution in [3.05, 3.63) is 24.2 Å². The number of furan rings is 1. The molecule has 4 heteroatoms. The van der Waals surface area contributed by atoms with Gasteiger partial charge in [0, 0.05) is 0 Å². The number of hydrogen-bond acceptors (Lipinski definition) is 3. The summed E-state index contributed by atoms with van der Waals surface area (Å²) in [5, 5.41) is 6.13. The fourth-order valence-corrected chi connectivity index (χ4v) is 1.49. The zero-order valence-corrected chi connectivity index (χ0v) is 12.6. The van der Waals surface area contributed by atoms with E-state index in [-0.39, 0.29) is 17.4 Å². The van der Waals surface area contributed by atoms with Crippen LogP contribution in [0.15, 0.2) is 22.8 Å². The topological polar surface area (TPSA) is 54.3 Å². The first kappa shape index (κ1) is 15.8. The van der Waals surface area contributed by atoms with Gasteiger partial charge in [-0.3, -0.25) is 4.79 Å². The van der Waals surface area contributed by atoms with Crippen LogP contribution in [-0.4, -0.2) is 18.5 Å². The van der Waals surface area contributed by atoms with Gasteiger partial charge in [0.15, 0.2) is 0 Å². The Kier molecular flexibility index (Phi) is 5.60. The fourth-order valence-electron chi connectivity index (χ4n) is 1.49. The highest BCUT2D eigenvalue weighted by Crippen LogP contribution is 2.24. The molecular weight excluding hydrogens is 240 g/mol. The maximum absolute atomic E-state index is 11.9. The number of nitrogens with one attached hydrogen (secondary N) is 2. The summed E-state index contributed by atoms with van der Waals surface area (Å²) in [5.41, 5.74) is 0.247. The normalized spacial score (nSPS) is 15.0. The number of carbonyl (C=O) groups is 1. The van der Waals surface area contributed by atoms with E-state index in [1.54, 1.807) is 6.26 Å². The molecular formula is C15H26N2O2. The molecule has 108 valence electrons. The Labute approximate surface area is 116 Å². The van der Waals surface area contributed by atoms with Gasteiger partial charge in [0.2, 0.25) is 5.91 Å². The van der Waals surface area contributed by atoms with Crippen molar-refractivity contribution in [2.75, 3.05) is 6.54 Å². The van der Waals surface area contributed by atoms with E-state index in [4.69, 9.17) is 4.42 Å². The van der Waals surface area contributed by atoms with Crippen molar-refractivity contribution in [1.29, 1.82) is 0 Å². The summed E-state index contributed by atoms with van der Waals surface area (Å²) in [6.07, 6.45) is 1.61. The summed E-state index contributed by atoms with van der Waals surface area (Å²) in [4.78, 5) is 11.9. The van der Waals surface area contributed by atoms with Crippen LogP contribution in [0.5, 0.6) is 0 Å². The Bertz CT molecular complexity index is 379. The van der Waals surface area contributed by atoms with E-state index < -0.39 is 0 Å². The van der Waals surface area contributed by atoms with E-state index in [0.717, 1.165) is 12.3 Å². The SMILES string of the molecule is CC(NCC(C)C(C)(C)C)C(=O)NCc1ccco1. The van der Waals surface area contributed by atoms with Crippen molar-refractivity contribution in [3.8, 4) is 0 Å². The molecule has 1 rings (SSSR count). The maximum atomic E-state index is 11.9. The van der Waals surface area contributed by atoms with Crippen molar-refractivity contribution < 1.29 is 9.21 Å². The number of rotatable bonds is 6. The maximum Gasteiger partial charge on any atom is 0.237 e. The van der Waals surface area contributed by atoms with Gasteiger partial charge >= 0.3 is 0 Å². The summed E-state index contributed by atoms with van der Waals surface area (Å²) in [6, 6.07) is 3.47. The number of carbonyl (C=O) groups excluding carboxylic acids is 1. The van der Waals surface area contributed by atoms with E-state index in [1.165, 1.54) is 0 Å². The first-order valence-corrected chi connectivity index (χ1v) is 6.84. The van der Waals surface area contributed by atoms with Crippen LogP contribution in [0.1, 0.15) is 40.4 Å². The minimum absolute atomic E-state index is 0.00231. The molecule has 0 aromatic carbocycles. The first-order chi connectivity index (χ1) is 8.80. The lowest BCUT2D eigenvalue weighted by atomic mass is 9.82. The Morgan fingerprint density at radius 2 is 2.05 bits per heavy atom. The first-order valence-electron chi connectivity index (χ1n) is 6.84. The van der Waals surface area contributed by atoms with Gasteiger partial charge in [-0.05, 0) is 36.9 Å². The highest BCUT2D eigenvalue weighted by molar-refractivity contribution is 5.81. The van der Waals surface area contributed by atoms with E-state index in [2.05, 4.69) is 38.3 Å². The molecule has 0 aliphatic heterocycles. The van der Waals surface area contributed by atoms with Crippen molar-refractivity contribution in [2.45, 2.75) is 47.2 Å². The molecule has 0 saturated heterocycles. The second-order valence-corrected chi connectivity index (χ2v) is 6.19. The van der Waals surface area contributed by atoms with Gasteiger partial charge < -0.3 is 15.1 Å². The van der Waals surface area contributed by atoms with Crippen molar-refractivity contribution in [3.63, 3.8) is 0 Å². The highest BCUT2D eigenvalue weighted by atomic mass is 16.3. The third-order valence-corrected chi connectivity index (χ3v) is 3.62. The number of hydrogen-bond donors (Lipinski definition) is 2.